The summed E-state index contributed by atoms with van der Waals surface area (Å²) in [5.74, 6) is -4.48. The van der Waals surface area contributed by atoms with Gasteiger partial charge in [-0.15, -0.1) is 0 Å². The van der Waals surface area contributed by atoms with Gasteiger partial charge in [0.1, 0.15) is 18.2 Å². The fourth-order valence-corrected chi connectivity index (χ4v) is 4.83. The van der Waals surface area contributed by atoms with Crippen LogP contribution in [0.25, 0.3) is 11.0 Å². The fraction of sp³-hybridized carbons (Fsp3) is 0.160. The number of hydrogen-bond acceptors (Lipinski definition) is 3. The quantitative estimate of drug-likeness (QED) is 0.252. The molecule has 0 saturated heterocycles. The van der Waals surface area contributed by atoms with Gasteiger partial charge in [0.2, 0.25) is 0 Å². The maximum absolute atomic E-state index is 14.1. The van der Waals surface area contributed by atoms with Crippen molar-refractivity contribution < 1.29 is 44.7 Å². The van der Waals surface area contributed by atoms with Crippen LogP contribution in [-0.2, 0) is 12.7 Å². The van der Waals surface area contributed by atoms with Crippen LogP contribution in [0.5, 0.6) is 0 Å². The molecule has 0 fully saturated rings. The van der Waals surface area contributed by atoms with Crippen molar-refractivity contribution in [2.24, 2.45) is 0 Å². The van der Waals surface area contributed by atoms with Gasteiger partial charge < -0.3 is 15.6 Å². The fourth-order valence-electron chi connectivity index (χ4n) is 4.61. The number of nitrogens with zero attached hydrogens (tertiary/aromatic N) is 1. The number of benzene rings is 3. The number of carbonyl (C=O) groups is 2. The Labute approximate surface area is 227 Å². The third-order valence-electron chi connectivity index (χ3n) is 6.25. The number of aromatic nitrogens is 2. The Bertz CT molecular complexity index is 1810. The summed E-state index contributed by atoms with van der Waals surface area (Å²) < 4.78 is 108. The van der Waals surface area contributed by atoms with Gasteiger partial charge in [0.25, 0.3) is 11.8 Å². The van der Waals surface area contributed by atoms with E-state index < -0.39 is 82.0 Å². The van der Waals surface area contributed by atoms with Crippen LogP contribution in [0.2, 0.25) is 5.02 Å². The molecule has 0 spiro atoms. The van der Waals surface area contributed by atoms with Gasteiger partial charge in [0.05, 0.1) is 28.2 Å². The molecule has 214 valence electrons. The number of alkyl halides is 6. The van der Waals surface area contributed by atoms with Gasteiger partial charge >= 0.3 is 18.0 Å². The van der Waals surface area contributed by atoms with Crippen LogP contribution in [0.1, 0.15) is 43.4 Å². The van der Waals surface area contributed by atoms with Crippen LogP contribution < -0.4 is 16.3 Å². The highest BCUT2D eigenvalue weighted by atomic mass is 35.5. The van der Waals surface area contributed by atoms with Crippen molar-refractivity contribution in [3.63, 3.8) is 0 Å². The third kappa shape index (κ3) is 5.24. The number of aromatic amines is 1. The summed E-state index contributed by atoms with van der Waals surface area (Å²) in [6.07, 6.45) is -9.91. The van der Waals surface area contributed by atoms with E-state index in [9.17, 15) is 49.5 Å². The molecule has 1 atom stereocenters. The molecular weight excluding hydrogens is 592 g/mol. The molecule has 1 unspecified atom stereocenters. The molecule has 1 aliphatic rings. The predicted molar refractivity (Wildman–Crippen MR) is 129 cm³/mol. The first-order valence-corrected chi connectivity index (χ1v) is 11.7. The van der Waals surface area contributed by atoms with Gasteiger partial charge in [-0.3, -0.25) is 14.2 Å². The first kappa shape index (κ1) is 28.1. The maximum Gasteiger partial charge on any atom is 0.416 e. The standard InChI is InChI=1S/C25H13ClF8N4O3/c26-14-2-1-11(27)6-13(14)19-17-15(35-21(39)9-3-10(25(32,33)34)5-12(28)4-9)7-16-20(18(17)22(40)36-19)37-23(41)38(16)8-24(29,30)31/h1-7,19H,8H2,(H,35,39)(H,36,40)(H,37,41). The molecule has 0 bridgehead atoms. The van der Waals surface area contributed by atoms with Crippen molar-refractivity contribution >= 4 is 40.1 Å². The minimum atomic E-state index is -5.02. The Morgan fingerprint density at radius 3 is 2.34 bits per heavy atom. The lowest BCUT2D eigenvalue weighted by Crippen LogP contribution is -2.26. The average molecular weight is 605 g/mol. The number of rotatable bonds is 4. The van der Waals surface area contributed by atoms with Gasteiger partial charge in [-0.05, 0) is 42.5 Å². The normalized spacial score (nSPS) is 15.2. The Kier molecular flexibility index (Phi) is 6.59. The molecule has 5 rings (SSSR count). The molecule has 4 aromatic rings. The van der Waals surface area contributed by atoms with E-state index in [1.807, 2.05) is 0 Å². The second kappa shape index (κ2) is 9.61. The first-order chi connectivity index (χ1) is 19.0. The van der Waals surface area contributed by atoms with Crippen molar-refractivity contribution in [2.75, 3.05) is 5.32 Å². The smallest absolute Gasteiger partial charge is 0.341 e. The van der Waals surface area contributed by atoms with E-state index in [4.69, 9.17) is 11.6 Å². The summed E-state index contributed by atoms with van der Waals surface area (Å²) in [5.41, 5.74) is -5.48. The van der Waals surface area contributed by atoms with E-state index in [-0.39, 0.29) is 32.3 Å². The Morgan fingerprint density at radius 1 is 0.976 bits per heavy atom. The van der Waals surface area contributed by atoms with E-state index in [1.54, 1.807) is 0 Å². The molecule has 41 heavy (non-hydrogen) atoms. The van der Waals surface area contributed by atoms with Gasteiger partial charge in [-0.2, -0.15) is 26.3 Å². The summed E-state index contributed by atoms with van der Waals surface area (Å²) in [6.45, 7) is -1.79. The SMILES string of the molecule is O=C(Nc1cc2c([nH]c(=O)n2CC(F)(F)F)c2c1C(c1cc(F)ccc1Cl)NC2=O)c1cc(F)cc(C(F)(F)F)c1. The molecule has 2 heterocycles. The number of H-pyrrole nitrogens is 1. The summed E-state index contributed by atoms with van der Waals surface area (Å²) in [6, 6.07) is 3.65. The molecule has 1 aliphatic heterocycles. The summed E-state index contributed by atoms with van der Waals surface area (Å²) in [7, 11) is 0. The van der Waals surface area contributed by atoms with Crippen LogP contribution in [-0.4, -0.2) is 27.5 Å². The third-order valence-corrected chi connectivity index (χ3v) is 6.59. The van der Waals surface area contributed by atoms with Gasteiger partial charge in [0.15, 0.2) is 0 Å². The number of amides is 2. The zero-order valence-electron chi connectivity index (χ0n) is 19.9. The molecule has 0 radical (unpaired) electrons. The lowest BCUT2D eigenvalue weighted by Gasteiger charge is -2.19. The molecule has 7 nitrogen and oxygen atoms in total. The first-order valence-electron chi connectivity index (χ1n) is 11.3. The molecular formula is C25H13ClF8N4O3. The molecule has 1 aromatic heterocycles. The van der Waals surface area contributed by atoms with Crippen LogP contribution in [0.4, 0.5) is 40.8 Å². The monoisotopic (exact) mass is 604 g/mol. The minimum Gasteiger partial charge on any atom is -0.341 e. The predicted octanol–water partition coefficient (Wildman–Crippen LogP) is 5.93. The molecule has 16 heteroatoms. The Balaban J connectivity index is 1.74. The van der Waals surface area contributed by atoms with E-state index in [0.717, 1.165) is 24.3 Å². The highest BCUT2D eigenvalue weighted by Gasteiger charge is 2.39. The molecule has 0 saturated carbocycles. The summed E-state index contributed by atoms with van der Waals surface area (Å²) >= 11 is 6.20. The van der Waals surface area contributed by atoms with Crippen molar-refractivity contribution in [1.29, 1.82) is 0 Å². The second-order valence-electron chi connectivity index (χ2n) is 8.99. The zero-order valence-corrected chi connectivity index (χ0v) is 20.7. The lowest BCUT2D eigenvalue weighted by molar-refractivity contribution is -0.140. The van der Waals surface area contributed by atoms with Gasteiger partial charge in [-0.25, -0.2) is 13.6 Å². The number of anilines is 1. The molecule has 2 amide bonds. The van der Waals surface area contributed by atoms with Crippen molar-refractivity contribution in [3.05, 3.63) is 97.4 Å². The largest absolute Gasteiger partial charge is 0.416 e. The lowest BCUT2D eigenvalue weighted by atomic mass is 9.95. The molecule has 0 aliphatic carbocycles. The van der Waals surface area contributed by atoms with Crippen LogP contribution in [0.3, 0.4) is 0 Å². The highest BCUT2D eigenvalue weighted by molar-refractivity contribution is 6.31. The summed E-state index contributed by atoms with van der Waals surface area (Å²) in [4.78, 5) is 40.8. The molecule has 3 N–H and O–H groups in total. The van der Waals surface area contributed by atoms with E-state index in [2.05, 4.69) is 15.6 Å². The number of imidazole rings is 1. The number of carbonyl (C=O) groups excluding carboxylic acids is 2. The topological polar surface area (TPSA) is 96.0 Å². The number of halogens is 9. The van der Waals surface area contributed by atoms with Gasteiger partial charge in [-0.1, -0.05) is 11.6 Å². The summed E-state index contributed by atoms with van der Waals surface area (Å²) in [5, 5.41) is 4.59. The van der Waals surface area contributed by atoms with Crippen LogP contribution in [0.15, 0.2) is 47.3 Å². The van der Waals surface area contributed by atoms with Crippen molar-refractivity contribution in [1.82, 2.24) is 14.9 Å². The number of nitrogens with one attached hydrogen (secondary N) is 3. The Hall–Kier alpha value is -4.40. The Morgan fingerprint density at radius 2 is 1.68 bits per heavy atom. The maximum atomic E-state index is 14.1. The average Bonchev–Trinajstić information content (AvgIpc) is 3.35. The van der Waals surface area contributed by atoms with E-state index >= 15 is 0 Å². The van der Waals surface area contributed by atoms with Crippen molar-refractivity contribution in [2.45, 2.75) is 24.9 Å². The second-order valence-corrected chi connectivity index (χ2v) is 9.40. The van der Waals surface area contributed by atoms with Crippen molar-refractivity contribution in [3.8, 4) is 0 Å². The van der Waals surface area contributed by atoms with Crippen LogP contribution >= 0.6 is 11.6 Å². The van der Waals surface area contributed by atoms with Crippen LogP contribution in [0, 0.1) is 11.6 Å². The van der Waals surface area contributed by atoms with E-state index in [1.165, 1.54) is 0 Å². The molecule has 3 aromatic carbocycles. The highest BCUT2D eigenvalue weighted by Crippen LogP contribution is 2.42. The number of fused-ring (bicyclic) bond motifs is 3. The minimum absolute atomic E-state index is 0.0456. The number of hydrogen-bond donors (Lipinski definition) is 3. The zero-order chi connectivity index (χ0) is 30.0. The van der Waals surface area contributed by atoms with Gasteiger partial charge in [0, 0.05) is 27.4 Å². The van der Waals surface area contributed by atoms with E-state index in [0.29, 0.717) is 12.1 Å².